The van der Waals surface area contributed by atoms with Crippen molar-refractivity contribution in [3.8, 4) is 0 Å². The Morgan fingerprint density at radius 1 is 1.00 bits per heavy atom. The Hall–Kier alpha value is -1.28. The van der Waals surface area contributed by atoms with Gasteiger partial charge < -0.3 is 0 Å². The van der Waals surface area contributed by atoms with Crippen LogP contribution in [0.4, 0.5) is 0 Å². The molecule has 0 saturated carbocycles. The van der Waals surface area contributed by atoms with Crippen molar-refractivity contribution in [3.05, 3.63) is 54.2 Å². The molecule has 0 atom stereocenters. The van der Waals surface area contributed by atoms with Crippen molar-refractivity contribution in [1.29, 1.82) is 0 Å². The topological polar surface area (TPSA) is 12.9 Å². The van der Waals surface area contributed by atoms with E-state index in [4.69, 9.17) is 0 Å². The highest BCUT2D eigenvalue weighted by atomic mass is 32.2. The largest absolute Gasteiger partial charge is 0.250 e. The van der Waals surface area contributed by atoms with Gasteiger partial charge in [0.2, 0.25) is 0 Å². The van der Waals surface area contributed by atoms with E-state index in [1.165, 1.54) is 10.5 Å². The molecule has 1 aromatic carbocycles. The second kappa shape index (κ2) is 4.29. The van der Waals surface area contributed by atoms with Crippen LogP contribution in [0.5, 0.6) is 0 Å². The summed E-state index contributed by atoms with van der Waals surface area (Å²) in [6.07, 6.45) is 1.82. The van der Waals surface area contributed by atoms with Crippen molar-refractivity contribution in [2.75, 3.05) is 0 Å². The Labute approximate surface area is 88.2 Å². The van der Waals surface area contributed by atoms with E-state index in [9.17, 15) is 0 Å². The highest BCUT2D eigenvalue weighted by molar-refractivity contribution is 7.99. The zero-order valence-electron chi connectivity index (χ0n) is 7.97. The zero-order chi connectivity index (χ0) is 9.80. The first-order chi connectivity index (χ1) is 6.86. The molecule has 0 spiro atoms. The smallest absolute Gasteiger partial charge is 0.101 e. The molecule has 2 rings (SSSR count). The lowest BCUT2D eigenvalue weighted by molar-refractivity contribution is 1.13. The second-order valence-corrected chi connectivity index (χ2v) is 4.10. The van der Waals surface area contributed by atoms with Gasteiger partial charge in [-0.25, -0.2) is 4.98 Å². The van der Waals surface area contributed by atoms with Gasteiger partial charge in [-0.05, 0) is 30.7 Å². The van der Waals surface area contributed by atoms with Gasteiger partial charge in [-0.1, -0.05) is 36.0 Å². The van der Waals surface area contributed by atoms with Crippen LogP contribution in [0.25, 0.3) is 0 Å². The van der Waals surface area contributed by atoms with Crippen molar-refractivity contribution in [1.82, 2.24) is 4.98 Å². The lowest BCUT2D eigenvalue weighted by atomic mass is 10.2. The van der Waals surface area contributed by atoms with Crippen molar-refractivity contribution in [3.63, 3.8) is 0 Å². The van der Waals surface area contributed by atoms with Crippen LogP contribution >= 0.6 is 11.8 Å². The third kappa shape index (κ3) is 2.15. The molecule has 0 aliphatic heterocycles. The predicted octanol–water partition coefficient (Wildman–Crippen LogP) is 3.54. The summed E-state index contributed by atoms with van der Waals surface area (Å²) in [6.45, 7) is 2.12. The Bertz CT molecular complexity index is 412. The lowest BCUT2D eigenvalue weighted by Crippen LogP contribution is -1.80. The summed E-state index contributed by atoms with van der Waals surface area (Å²) >= 11 is 1.70. The number of aryl methyl sites for hydroxylation is 1. The third-order valence-corrected chi connectivity index (χ3v) is 3.07. The van der Waals surface area contributed by atoms with E-state index in [1.54, 1.807) is 11.8 Å². The van der Waals surface area contributed by atoms with Crippen LogP contribution in [0.15, 0.2) is 58.6 Å². The number of pyridine rings is 1. The lowest BCUT2D eigenvalue weighted by Gasteiger charge is -2.03. The Morgan fingerprint density at radius 3 is 2.50 bits per heavy atom. The summed E-state index contributed by atoms with van der Waals surface area (Å²) in [5, 5.41) is 1.04. The standard InChI is InChI=1S/C12H11NS/c1-10-6-2-3-7-11(10)14-12-8-4-5-9-13-12/h2-9H,1H3. The van der Waals surface area contributed by atoms with Crippen molar-refractivity contribution in [2.24, 2.45) is 0 Å². The molecule has 0 unspecified atom stereocenters. The molecule has 0 aliphatic rings. The number of hydrogen-bond acceptors (Lipinski definition) is 2. The molecular weight excluding hydrogens is 190 g/mol. The van der Waals surface area contributed by atoms with Gasteiger partial charge in [0, 0.05) is 11.1 Å². The summed E-state index contributed by atoms with van der Waals surface area (Å²) in [7, 11) is 0. The van der Waals surface area contributed by atoms with Gasteiger partial charge >= 0.3 is 0 Å². The van der Waals surface area contributed by atoms with Crippen molar-refractivity contribution < 1.29 is 0 Å². The first kappa shape index (κ1) is 9.28. The fourth-order valence-electron chi connectivity index (χ4n) is 1.19. The molecule has 1 heterocycles. The molecule has 1 nitrogen and oxygen atoms in total. The van der Waals surface area contributed by atoms with Crippen molar-refractivity contribution >= 4 is 11.8 Å². The minimum Gasteiger partial charge on any atom is -0.250 e. The number of rotatable bonds is 2. The summed E-state index contributed by atoms with van der Waals surface area (Å²) < 4.78 is 0. The van der Waals surface area contributed by atoms with Gasteiger partial charge in [0.05, 0.1) is 0 Å². The minimum absolute atomic E-state index is 1.04. The molecule has 0 fully saturated rings. The highest BCUT2D eigenvalue weighted by Crippen LogP contribution is 2.27. The monoisotopic (exact) mass is 201 g/mol. The van der Waals surface area contributed by atoms with Crippen LogP contribution in [0.3, 0.4) is 0 Å². The molecule has 70 valence electrons. The molecule has 0 bridgehead atoms. The Kier molecular flexibility index (Phi) is 2.84. The number of nitrogens with zero attached hydrogens (tertiary/aromatic N) is 1. The fraction of sp³-hybridized carbons (Fsp3) is 0.0833. The molecule has 0 aliphatic carbocycles. The maximum atomic E-state index is 4.28. The first-order valence-corrected chi connectivity index (χ1v) is 5.32. The predicted molar refractivity (Wildman–Crippen MR) is 59.5 cm³/mol. The van der Waals surface area contributed by atoms with E-state index in [0.29, 0.717) is 0 Å². The summed E-state index contributed by atoms with van der Waals surface area (Å²) in [6, 6.07) is 14.3. The molecule has 0 N–H and O–H groups in total. The average molecular weight is 201 g/mol. The highest BCUT2D eigenvalue weighted by Gasteiger charge is 1.99. The van der Waals surface area contributed by atoms with E-state index in [1.807, 2.05) is 24.4 Å². The third-order valence-electron chi connectivity index (χ3n) is 1.95. The van der Waals surface area contributed by atoms with E-state index in [0.717, 1.165) is 5.03 Å². The van der Waals surface area contributed by atoms with Gasteiger partial charge in [-0.15, -0.1) is 0 Å². The summed E-state index contributed by atoms with van der Waals surface area (Å²) in [4.78, 5) is 5.55. The second-order valence-electron chi connectivity index (χ2n) is 3.04. The van der Waals surface area contributed by atoms with Gasteiger partial charge in [-0.2, -0.15) is 0 Å². The number of aromatic nitrogens is 1. The van der Waals surface area contributed by atoms with Crippen LogP contribution in [-0.4, -0.2) is 4.98 Å². The molecule has 2 aromatic rings. The maximum absolute atomic E-state index is 4.28. The molecule has 2 heteroatoms. The van der Waals surface area contributed by atoms with Crippen LogP contribution in [0.1, 0.15) is 5.56 Å². The van der Waals surface area contributed by atoms with E-state index in [2.05, 4.69) is 36.2 Å². The van der Waals surface area contributed by atoms with E-state index < -0.39 is 0 Å². The van der Waals surface area contributed by atoms with E-state index in [-0.39, 0.29) is 0 Å². The van der Waals surface area contributed by atoms with Crippen LogP contribution in [-0.2, 0) is 0 Å². The molecular formula is C12H11NS. The number of hydrogen-bond donors (Lipinski definition) is 0. The Balaban J connectivity index is 2.24. The fourth-order valence-corrected chi connectivity index (χ4v) is 2.05. The van der Waals surface area contributed by atoms with Crippen LogP contribution in [0, 0.1) is 6.92 Å². The normalized spacial score (nSPS) is 10.1. The summed E-state index contributed by atoms with van der Waals surface area (Å²) in [5.74, 6) is 0. The van der Waals surface area contributed by atoms with Gasteiger partial charge in [0.1, 0.15) is 5.03 Å². The van der Waals surface area contributed by atoms with Crippen molar-refractivity contribution in [2.45, 2.75) is 16.8 Å². The van der Waals surface area contributed by atoms with Crippen LogP contribution in [0.2, 0.25) is 0 Å². The maximum Gasteiger partial charge on any atom is 0.101 e. The van der Waals surface area contributed by atoms with Gasteiger partial charge in [0.25, 0.3) is 0 Å². The summed E-state index contributed by atoms with van der Waals surface area (Å²) in [5.41, 5.74) is 1.29. The SMILES string of the molecule is Cc1ccccc1Sc1ccccn1. The van der Waals surface area contributed by atoms with Gasteiger partial charge in [-0.3, -0.25) is 0 Å². The Morgan fingerprint density at radius 2 is 1.79 bits per heavy atom. The molecule has 0 saturated heterocycles. The minimum atomic E-state index is 1.04. The van der Waals surface area contributed by atoms with E-state index >= 15 is 0 Å². The molecule has 1 aromatic heterocycles. The molecule has 14 heavy (non-hydrogen) atoms. The van der Waals surface area contributed by atoms with Gasteiger partial charge in [0.15, 0.2) is 0 Å². The quantitative estimate of drug-likeness (QED) is 0.737. The zero-order valence-corrected chi connectivity index (χ0v) is 8.79. The molecule has 0 amide bonds. The first-order valence-electron chi connectivity index (χ1n) is 4.51. The van der Waals surface area contributed by atoms with Crippen LogP contribution < -0.4 is 0 Å². The average Bonchev–Trinajstić information content (AvgIpc) is 2.23. The number of benzene rings is 1. The molecule has 0 radical (unpaired) electrons.